The number of H-pyrrole nitrogens is 1. The largest absolute Gasteiger partial charge is 0.417 e. The van der Waals surface area contributed by atoms with Crippen molar-refractivity contribution in [2.24, 2.45) is 0 Å². The molecule has 0 saturated heterocycles. The average molecular weight is 387 g/mol. The first kappa shape index (κ1) is 17.3. The van der Waals surface area contributed by atoms with Gasteiger partial charge in [0.05, 0.1) is 16.1 Å². The first-order valence-electron chi connectivity index (χ1n) is 8.41. The van der Waals surface area contributed by atoms with E-state index in [9.17, 15) is 18.0 Å². The maximum Gasteiger partial charge on any atom is 0.417 e. The Morgan fingerprint density at radius 3 is 2.85 bits per heavy atom. The van der Waals surface area contributed by atoms with Crippen molar-refractivity contribution in [2.75, 3.05) is 16.2 Å². The Hall–Kier alpha value is -3.07. The van der Waals surface area contributed by atoms with Gasteiger partial charge in [-0.1, -0.05) is 6.07 Å². The van der Waals surface area contributed by atoms with E-state index in [0.29, 0.717) is 18.5 Å². The zero-order valence-electron chi connectivity index (χ0n) is 14.5. The van der Waals surface area contributed by atoms with Gasteiger partial charge in [0.1, 0.15) is 0 Å². The van der Waals surface area contributed by atoms with Gasteiger partial charge in [0.25, 0.3) is 10.0 Å². The van der Waals surface area contributed by atoms with Crippen LogP contribution >= 0.6 is 0 Å². The molecule has 0 saturated carbocycles. The Morgan fingerprint density at radius 2 is 2.07 bits per heavy atom. The second-order valence-electron chi connectivity index (χ2n) is 6.37. The summed E-state index contributed by atoms with van der Waals surface area (Å²) in [5.74, 6) is -0.728. The number of aryl methyl sites for hydroxylation is 1. The molecule has 4 rings (SSSR count). The fraction of sp³-hybridized carbons (Fsp3) is 0.222. The molecule has 0 radical (unpaired) electrons. The van der Waals surface area contributed by atoms with Crippen LogP contribution in [0.1, 0.15) is 18.9 Å². The minimum atomic E-state index is -3.90. The number of anilines is 2. The lowest BCUT2D eigenvalue weighted by Crippen LogP contribution is -2.33. The Morgan fingerprint density at radius 1 is 1.26 bits per heavy atom. The van der Waals surface area contributed by atoms with Gasteiger partial charge >= 0.3 is 5.76 Å². The van der Waals surface area contributed by atoms with Crippen LogP contribution in [0.2, 0.25) is 0 Å². The molecule has 140 valence electrons. The smallest absolute Gasteiger partial charge is 0.406 e. The molecule has 2 N–H and O–H groups in total. The van der Waals surface area contributed by atoms with Crippen LogP contribution < -0.4 is 15.4 Å². The number of nitrogens with one attached hydrogen (secondary N) is 2. The lowest BCUT2D eigenvalue weighted by atomic mass is 10.0. The lowest BCUT2D eigenvalue weighted by Gasteiger charge is -2.28. The molecule has 0 unspecified atom stereocenters. The highest BCUT2D eigenvalue weighted by Crippen LogP contribution is 2.31. The highest BCUT2D eigenvalue weighted by Gasteiger charge is 2.23. The molecule has 0 spiro atoms. The van der Waals surface area contributed by atoms with Crippen LogP contribution in [0, 0.1) is 0 Å². The second kappa shape index (κ2) is 6.27. The van der Waals surface area contributed by atoms with E-state index >= 15 is 0 Å². The summed E-state index contributed by atoms with van der Waals surface area (Å²) in [4.78, 5) is 27.4. The predicted molar refractivity (Wildman–Crippen MR) is 100 cm³/mol. The minimum Gasteiger partial charge on any atom is -0.406 e. The summed E-state index contributed by atoms with van der Waals surface area (Å²) < 4.78 is 33.2. The number of hydrogen-bond acceptors (Lipinski definition) is 5. The maximum atomic E-state index is 12.8. The van der Waals surface area contributed by atoms with E-state index in [1.807, 2.05) is 0 Å². The van der Waals surface area contributed by atoms with Gasteiger partial charge in [-0.2, -0.15) is 0 Å². The quantitative estimate of drug-likeness (QED) is 0.716. The highest BCUT2D eigenvalue weighted by molar-refractivity contribution is 7.92. The number of oxazole rings is 1. The summed E-state index contributed by atoms with van der Waals surface area (Å²) >= 11 is 0. The van der Waals surface area contributed by atoms with Crippen LogP contribution in [-0.4, -0.2) is 25.9 Å². The van der Waals surface area contributed by atoms with Crippen molar-refractivity contribution >= 4 is 38.4 Å². The molecule has 0 bridgehead atoms. The van der Waals surface area contributed by atoms with E-state index in [-0.39, 0.29) is 22.1 Å². The number of fused-ring (bicyclic) bond motifs is 2. The van der Waals surface area contributed by atoms with Crippen LogP contribution in [0.15, 0.2) is 50.5 Å². The molecule has 0 fully saturated rings. The molecule has 9 heteroatoms. The van der Waals surface area contributed by atoms with Gasteiger partial charge in [-0.15, -0.1) is 0 Å². The molecule has 1 aliphatic heterocycles. The first-order chi connectivity index (χ1) is 12.8. The number of rotatable bonds is 3. The topological polar surface area (TPSA) is 112 Å². The number of aromatic nitrogens is 1. The normalized spacial score (nSPS) is 14.2. The number of amides is 1. The van der Waals surface area contributed by atoms with Crippen molar-refractivity contribution in [3.8, 4) is 0 Å². The molecular weight excluding hydrogens is 370 g/mol. The van der Waals surface area contributed by atoms with Gasteiger partial charge < -0.3 is 9.32 Å². The van der Waals surface area contributed by atoms with E-state index in [1.54, 1.807) is 29.2 Å². The Kier molecular flexibility index (Phi) is 4.03. The zero-order valence-corrected chi connectivity index (χ0v) is 15.3. The van der Waals surface area contributed by atoms with Crippen LogP contribution in [0.4, 0.5) is 11.4 Å². The molecule has 1 aliphatic rings. The Bertz CT molecular complexity index is 1210. The summed E-state index contributed by atoms with van der Waals surface area (Å²) in [6.45, 7) is 2.12. The number of nitrogens with zero attached hydrogens (tertiary/aromatic N) is 1. The lowest BCUT2D eigenvalue weighted by molar-refractivity contribution is -0.116. The van der Waals surface area contributed by atoms with Gasteiger partial charge in [-0.05, 0) is 48.7 Å². The van der Waals surface area contributed by atoms with Crippen LogP contribution in [-0.2, 0) is 21.2 Å². The van der Waals surface area contributed by atoms with Crippen LogP contribution in [0.3, 0.4) is 0 Å². The molecule has 3 aromatic rings. The third kappa shape index (κ3) is 3.10. The SMILES string of the molecule is CC(=O)N1CCCc2cc(S(=O)(=O)Nc3cccc4[nH]c(=O)oc34)ccc21. The fourth-order valence-electron chi connectivity index (χ4n) is 3.33. The van der Waals surface area contributed by atoms with E-state index < -0.39 is 15.8 Å². The summed E-state index contributed by atoms with van der Waals surface area (Å²) in [5.41, 5.74) is 2.28. The van der Waals surface area contributed by atoms with Crippen molar-refractivity contribution in [2.45, 2.75) is 24.7 Å². The number of carbonyl (C=O) groups excluding carboxylic acids is 1. The van der Waals surface area contributed by atoms with Crippen molar-refractivity contribution in [1.82, 2.24) is 4.98 Å². The number of aromatic amines is 1. The van der Waals surface area contributed by atoms with Crippen LogP contribution in [0.5, 0.6) is 0 Å². The molecular formula is C18H17N3O5S. The van der Waals surface area contributed by atoms with Crippen molar-refractivity contribution in [3.63, 3.8) is 0 Å². The fourth-order valence-corrected chi connectivity index (χ4v) is 4.44. The monoisotopic (exact) mass is 387 g/mol. The van der Waals surface area contributed by atoms with Gasteiger partial charge in [-0.3, -0.25) is 14.5 Å². The molecule has 27 heavy (non-hydrogen) atoms. The number of sulfonamides is 1. The van der Waals surface area contributed by atoms with E-state index in [4.69, 9.17) is 4.42 Å². The predicted octanol–water partition coefficient (Wildman–Crippen LogP) is 2.22. The number of hydrogen-bond donors (Lipinski definition) is 2. The maximum absolute atomic E-state index is 12.8. The summed E-state index contributed by atoms with van der Waals surface area (Å²) in [5, 5.41) is 0. The van der Waals surface area contributed by atoms with E-state index in [2.05, 4.69) is 9.71 Å². The second-order valence-corrected chi connectivity index (χ2v) is 8.05. The number of benzene rings is 2. The molecule has 8 nitrogen and oxygen atoms in total. The standard InChI is InChI=1S/C18H17N3O5S/c1-11(22)21-9-3-4-12-10-13(7-8-16(12)21)27(24,25)20-15-6-2-5-14-17(15)26-18(23)19-14/h2,5-8,10,20H,3-4,9H2,1H3,(H,19,23). The summed E-state index contributed by atoms with van der Waals surface area (Å²) in [6.07, 6.45) is 1.47. The zero-order chi connectivity index (χ0) is 19.2. The van der Waals surface area contributed by atoms with E-state index in [1.165, 1.54) is 19.1 Å². The third-order valence-corrected chi connectivity index (χ3v) is 5.91. The number of carbonyl (C=O) groups is 1. The van der Waals surface area contributed by atoms with E-state index in [0.717, 1.165) is 17.7 Å². The number of para-hydroxylation sites is 1. The minimum absolute atomic E-state index is 0.0705. The van der Waals surface area contributed by atoms with Gasteiger partial charge in [0, 0.05) is 19.2 Å². The summed E-state index contributed by atoms with van der Waals surface area (Å²) in [6, 6.07) is 9.46. The summed E-state index contributed by atoms with van der Waals surface area (Å²) in [7, 11) is -3.90. The van der Waals surface area contributed by atoms with Crippen LogP contribution in [0.25, 0.3) is 11.1 Å². The molecule has 0 aliphatic carbocycles. The van der Waals surface area contributed by atoms with Gasteiger partial charge in [0.2, 0.25) is 5.91 Å². The molecule has 2 aromatic carbocycles. The van der Waals surface area contributed by atoms with Gasteiger partial charge in [0.15, 0.2) is 5.58 Å². The van der Waals surface area contributed by atoms with Crippen molar-refractivity contribution in [1.29, 1.82) is 0 Å². The van der Waals surface area contributed by atoms with Crippen molar-refractivity contribution in [3.05, 3.63) is 52.5 Å². The first-order valence-corrected chi connectivity index (χ1v) is 9.89. The molecule has 0 atom stereocenters. The molecule has 2 heterocycles. The Labute approximate surface area is 154 Å². The molecule has 1 amide bonds. The van der Waals surface area contributed by atoms with Crippen molar-refractivity contribution < 1.29 is 17.6 Å². The Balaban J connectivity index is 1.72. The highest BCUT2D eigenvalue weighted by atomic mass is 32.2. The average Bonchev–Trinajstić information content (AvgIpc) is 3.01. The third-order valence-electron chi connectivity index (χ3n) is 4.55. The van der Waals surface area contributed by atoms with Gasteiger partial charge in [-0.25, -0.2) is 13.2 Å². The molecule has 1 aromatic heterocycles.